The van der Waals surface area contributed by atoms with Gasteiger partial charge in [-0.3, -0.25) is 4.79 Å². The molecule has 0 aliphatic carbocycles. The zero-order chi connectivity index (χ0) is 12.2. The van der Waals surface area contributed by atoms with E-state index in [0.717, 1.165) is 6.92 Å². The van der Waals surface area contributed by atoms with Crippen molar-refractivity contribution in [3.05, 3.63) is 35.9 Å². The fourth-order valence-corrected chi connectivity index (χ4v) is 1.75. The molecule has 0 amide bonds. The number of rotatable bonds is 4. The van der Waals surface area contributed by atoms with Gasteiger partial charge in [-0.1, -0.05) is 42.1 Å². The third-order valence-corrected chi connectivity index (χ3v) is 3.11. The van der Waals surface area contributed by atoms with Crippen molar-refractivity contribution in [3.8, 4) is 0 Å². The molecule has 0 unspecified atom stereocenters. The number of carboxylic acid groups (broad SMARTS) is 1. The number of alkyl halides is 1. The first-order valence-corrected chi connectivity index (χ1v) is 5.56. The zero-order valence-electron chi connectivity index (χ0n) is 8.64. The Bertz CT molecular complexity index is 389. The molecule has 0 bridgehead atoms. The lowest BCUT2D eigenvalue weighted by atomic mass is 10.2. The highest BCUT2D eigenvalue weighted by Crippen LogP contribution is 2.21. The van der Waals surface area contributed by atoms with Gasteiger partial charge < -0.3 is 5.11 Å². The summed E-state index contributed by atoms with van der Waals surface area (Å²) in [5.41, 5.74) is -1.94. The summed E-state index contributed by atoms with van der Waals surface area (Å²) >= 11 is 0.670. The van der Waals surface area contributed by atoms with Gasteiger partial charge in [0.15, 0.2) is 0 Å². The summed E-state index contributed by atoms with van der Waals surface area (Å²) in [5, 5.41) is 8.20. The molecule has 86 valence electrons. The van der Waals surface area contributed by atoms with E-state index in [2.05, 4.69) is 0 Å². The molecule has 0 saturated heterocycles. The summed E-state index contributed by atoms with van der Waals surface area (Å²) < 4.78 is 13.3. The molecule has 0 heterocycles. The van der Waals surface area contributed by atoms with Crippen molar-refractivity contribution in [2.24, 2.45) is 0 Å². The molecule has 1 aromatic carbocycles. The molecule has 0 fully saturated rings. The molecule has 0 aromatic heterocycles. The van der Waals surface area contributed by atoms with Gasteiger partial charge in [-0.25, -0.2) is 9.18 Å². The monoisotopic (exact) mass is 242 g/mol. The molecule has 0 aliphatic rings. The number of carbonyl (C=O) groups is 2. The number of halogens is 1. The van der Waals surface area contributed by atoms with Crippen molar-refractivity contribution in [1.82, 2.24) is 0 Å². The lowest BCUT2D eigenvalue weighted by molar-refractivity contribution is -0.148. The average molecular weight is 242 g/mol. The Hall–Kier alpha value is -1.36. The standard InChI is InChI=1S/C11H11FO3S/c1-11(12,10(14)15)7-16-9(13)8-5-3-2-4-6-8/h2-6H,7H2,1H3,(H,14,15)/t11-/m0/s1. The normalized spacial score (nSPS) is 14.1. The van der Waals surface area contributed by atoms with Crippen molar-refractivity contribution < 1.29 is 19.1 Å². The first kappa shape index (κ1) is 12.7. The number of thioether (sulfide) groups is 1. The summed E-state index contributed by atoms with van der Waals surface area (Å²) in [6.45, 7) is 0.945. The van der Waals surface area contributed by atoms with Crippen molar-refractivity contribution >= 4 is 22.8 Å². The van der Waals surface area contributed by atoms with E-state index in [1.54, 1.807) is 30.3 Å². The quantitative estimate of drug-likeness (QED) is 0.880. The molecule has 0 aliphatic heterocycles. The maximum atomic E-state index is 13.3. The molecule has 0 radical (unpaired) electrons. The molecule has 0 saturated carbocycles. The van der Waals surface area contributed by atoms with Crippen LogP contribution in [0.5, 0.6) is 0 Å². The summed E-state index contributed by atoms with van der Waals surface area (Å²) in [6, 6.07) is 8.36. The second-order valence-electron chi connectivity index (χ2n) is 3.44. The maximum Gasteiger partial charge on any atom is 0.342 e. The Morgan fingerprint density at radius 2 is 1.94 bits per heavy atom. The van der Waals surface area contributed by atoms with Crippen LogP contribution < -0.4 is 0 Å². The van der Waals surface area contributed by atoms with Crippen LogP contribution in [0.2, 0.25) is 0 Å². The molecule has 16 heavy (non-hydrogen) atoms. The van der Waals surface area contributed by atoms with Crippen LogP contribution in [0.1, 0.15) is 17.3 Å². The Labute approximate surface area is 96.7 Å². The first-order valence-electron chi connectivity index (χ1n) is 4.58. The van der Waals surface area contributed by atoms with E-state index in [9.17, 15) is 14.0 Å². The highest BCUT2D eigenvalue weighted by Gasteiger charge is 2.33. The number of benzene rings is 1. The second kappa shape index (κ2) is 5.12. The number of hydrogen-bond donors (Lipinski definition) is 1. The second-order valence-corrected chi connectivity index (χ2v) is 4.39. The molecule has 5 heteroatoms. The van der Waals surface area contributed by atoms with Crippen LogP contribution in [0.15, 0.2) is 30.3 Å². The summed E-state index contributed by atoms with van der Waals surface area (Å²) in [6.07, 6.45) is 0. The van der Waals surface area contributed by atoms with Crippen molar-refractivity contribution in [2.75, 3.05) is 5.75 Å². The highest BCUT2D eigenvalue weighted by molar-refractivity contribution is 8.14. The molecule has 0 spiro atoms. The Morgan fingerprint density at radius 3 is 2.44 bits per heavy atom. The molecular weight excluding hydrogens is 231 g/mol. The molecular formula is C11H11FO3S. The largest absolute Gasteiger partial charge is 0.479 e. The summed E-state index contributed by atoms with van der Waals surface area (Å²) in [7, 11) is 0. The van der Waals surface area contributed by atoms with Crippen LogP contribution in [0.3, 0.4) is 0 Å². The fraction of sp³-hybridized carbons (Fsp3) is 0.273. The molecule has 3 nitrogen and oxygen atoms in total. The van der Waals surface area contributed by atoms with Crippen LogP contribution >= 0.6 is 11.8 Å². The van der Waals surface area contributed by atoms with Crippen molar-refractivity contribution in [3.63, 3.8) is 0 Å². The maximum absolute atomic E-state index is 13.3. The predicted octanol–water partition coefficient (Wildman–Crippen LogP) is 2.37. The minimum absolute atomic E-state index is 0.328. The van der Waals surface area contributed by atoms with Gasteiger partial charge in [0.25, 0.3) is 0 Å². The van der Waals surface area contributed by atoms with Gasteiger partial charge in [0.2, 0.25) is 10.8 Å². The summed E-state index contributed by atoms with van der Waals surface area (Å²) in [5.74, 6) is -1.95. The van der Waals surface area contributed by atoms with Crippen LogP contribution in [-0.2, 0) is 4.79 Å². The molecule has 1 aromatic rings. The minimum atomic E-state index is -2.38. The molecule has 1 atom stereocenters. The van der Waals surface area contributed by atoms with E-state index in [1.807, 2.05) is 0 Å². The average Bonchev–Trinajstić information content (AvgIpc) is 2.27. The van der Waals surface area contributed by atoms with E-state index in [1.165, 1.54) is 0 Å². The van der Waals surface area contributed by atoms with E-state index in [4.69, 9.17) is 5.11 Å². The Morgan fingerprint density at radius 1 is 1.38 bits per heavy atom. The smallest absolute Gasteiger partial charge is 0.342 e. The van der Waals surface area contributed by atoms with Crippen molar-refractivity contribution in [2.45, 2.75) is 12.6 Å². The van der Waals surface area contributed by atoms with Crippen LogP contribution in [0, 0.1) is 0 Å². The topological polar surface area (TPSA) is 54.4 Å². The van der Waals surface area contributed by atoms with E-state index in [-0.39, 0.29) is 5.12 Å². The van der Waals surface area contributed by atoms with Crippen molar-refractivity contribution in [1.29, 1.82) is 0 Å². The Balaban J connectivity index is 2.58. The van der Waals surface area contributed by atoms with E-state index in [0.29, 0.717) is 17.3 Å². The van der Waals surface area contributed by atoms with Gasteiger partial charge in [-0.2, -0.15) is 0 Å². The first-order chi connectivity index (χ1) is 7.43. The number of carboxylic acids is 1. The van der Waals surface area contributed by atoms with Gasteiger partial charge >= 0.3 is 5.97 Å². The van der Waals surface area contributed by atoms with E-state index >= 15 is 0 Å². The van der Waals surface area contributed by atoms with Crippen LogP contribution in [-0.4, -0.2) is 27.6 Å². The Kier molecular flexibility index (Phi) is 4.06. The highest BCUT2D eigenvalue weighted by atomic mass is 32.2. The van der Waals surface area contributed by atoms with Crippen LogP contribution in [0.25, 0.3) is 0 Å². The lowest BCUT2D eigenvalue weighted by Gasteiger charge is -2.13. The predicted molar refractivity (Wildman–Crippen MR) is 60.4 cm³/mol. The molecule has 1 N–H and O–H groups in total. The van der Waals surface area contributed by atoms with Gasteiger partial charge in [-0.05, 0) is 6.92 Å². The number of hydrogen-bond acceptors (Lipinski definition) is 3. The minimum Gasteiger partial charge on any atom is -0.479 e. The van der Waals surface area contributed by atoms with Gasteiger partial charge in [0, 0.05) is 11.3 Å². The number of carbonyl (C=O) groups excluding carboxylic acids is 1. The SMILES string of the molecule is C[C@](F)(CSC(=O)c1ccccc1)C(=O)O. The molecule has 1 rings (SSSR count). The lowest BCUT2D eigenvalue weighted by Crippen LogP contribution is -2.33. The van der Waals surface area contributed by atoms with Gasteiger partial charge in [0.05, 0.1) is 0 Å². The van der Waals surface area contributed by atoms with Gasteiger partial charge in [-0.15, -0.1) is 0 Å². The summed E-state index contributed by atoms with van der Waals surface area (Å²) in [4.78, 5) is 22.0. The van der Waals surface area contributed by atoms with Crippen LogP contribution in [0.4, 0.5) is 4.39 Å². The zero-order valence-corrected chi connectivity index (χ0v) is 9.46. The fourth-order valence-electron chi connectivity index (χ4n) is 0.920. The van der Waals surface area contributed by atoms with Gasteiger partial charge in [0.1, 0.15) is 0 Å². The third-order valence-electron chi connectivity index (χ3n) is 1.93. The number of aliphatic carboxylic acids is 1. The third kappa shape index (κ3) is 3.34. The van der Waals surface area contributed by atoms with E-state index < -0.39 is 17.4 Å².